The fourth-order valence-electron chi connectivity index (χ4n) is 4.84. The minimum atomic E-state index is -0.607. The number of fused-ring (bicyclic) bond motifs is 1. The number of rotatable bonds is 15. The Labute approximate surface area is 234 Å². The van der Waals surface area contributed by atoms with E-state index < -0.39 is 11.9 Å². The molecule has 1 heterocycles. The van der Waals surface area contributed by atoms with Gasteiger partial charge in [-0.15, -0.1) is 0 Å². The van der Waals surface area contributed by atoms with Gasteiger partial charge in [0.05, 0.1) is 19.1 Å². The molecule has 40 heavy (non-hydrogen) atoms. The van der Waals surface area contributed by atoms with Crippen LogP contribution in [0.1, 0.15) is 54.4 Å². The average Bonchev–Trinajstić information content (AvgIpc) is 3.24. The number of Topliss-reactive ketones (excluding diaryl/α,β-unsaturated/α-hetero) is 1. The smallest absolute Gasteiger partial charge is 0.330 e. The highest BCUT2D eigenvalue weighted by atomic mass is 16.5. The van der Waals surface area contributed by atoms with Crippen molar-refractivity contribution in [1.82, 2.24) is 4.90 Å². The van der Waals surface area contributed by atoms with E-state index in [1.807, 2.05) is 60.7 Å². The quantitative estimate of drug-likeness (QED) is 0.0806. The van der Waals surface area contributed by atoms with Gasteiger partial charge in [0, 0.05) is 31.0 Å². The minimum Gasteiger partial charge on any atom is -0.494 e. The molecule has 3 aromatic carbocycles. The molecule has 0 N–H and O–H groups in total. The van der Waals surface area contributed by atoms with Gasteiger partial charge in [-0.25, -0.2) is 4.79 Å². The maximum absolute atomic E-state index is 13.0. The van der Waals surface area contributed by atoms with E-state index >= 15 is 0 Å². The van der Waals surface area contributed by atoms with Gasteiger partial charge in [-0.1, -0.05) is 55.1 Å². The van der Waals surface area contributed by atoms with Gasteiger partial charge in [0.2, 0.25) is 11.8 Å². The van der Waals surface area contributed by atoms with Crippen LogP contribution in [-0.4, -0.2) is 48.2 Å². The summed E-state index contributed by atoms with van der Waals surface area (Å²) in [4.78, 5) is 50.7. The van der Waals surface area contributed by atoms with E-state index in [9.17, 15) is 19.2 Å². The molecule has 1 fully saturated rings. The minimum absolute atomic E-state index is 0.0236. The summed E-state index contributed by atoms with van der Waals surface area (Å²) in [6.45, 7) is 4.70. The summed E-state index contributed by atoms with van der Waals surface area (Å²) in [5, 5.41) is 1.86. The molecule has 208 valence electrons. The number of benzene rings is 3. The third kappa shape index (κ3) is 7.88. The first-order chi connectivity index (χ1) is 19.4. The average molecular weight is 542 g/mol. The first-order valence-corrected chi connectivity index (χ1v) is 13.8. The van der Waals surface area contributed by atoms with Gasteiger partial charge in [0.15, 0.2) is 5.78 Å². The Kier molecular flexibility index (Phi) is 10.2. The molecule has 0 saturated carbocycles. The largest absolute Gasteiger partial charge is 0.494 e. The van der Waals surface area contributed by atoms with Gasteiger partial charge in [-0.3, -0.25) is 19.3 Å². The van der Waals surface area contributed by atoms with Crippen LogP contribution in [-0.2, 0) is 25.5 Å². The van der Waals surface area contributed by atoms with Crippen LogP contribution in [0, 0.1) is 5.92 Å². The Hall–Kier alpha value is -4.26. The third-order valence-electron chi connectivity index (χ3n) is 7.09. The SMILES string of the molecule is C=CC(=O)OCCCCCCOc1ccc2cc(C(=O)CC3CC(=O)N(CCc4ccccc4)C3=O)ccc2c1. The summed E-state index contributed by atoms with van der Waals surface area (Å²) in [5.41, 5.74) is 1.59. The lowest BCUT2D eigenvalue weighted by Crippen LogP contribution is -2.33. The van der Waals surface area contributed by atoms with Gasteiger partial charge in [-0.05, 0) is 66.6 Å². The highest BCUT2D eigenvalue weighted by Crippen LogP contribution is 2.27. The molecule has 1 aliphatic rings. The van der Waals surface area contributed by atoms with E-state index in [0.717, 1.165) is 47.8 Å². The van der Waals surface area contributed by atoms with Crippen molar-refractivity contribution < 1.29 is 28.7 Å². The summed E-state index contributed by atoms with van der Waals surface area (Å²) >= 11 is 0. The Bertz CT molecular complexity index is 1370. The Morgan fingerprint density at radius 1 is 0.900 bits per heavy atom. The van der Waals surface area contributed by atoms with Crippen LogP contribution in [0.5, 0.6) is 5.75 Å². The van der Waals surface area contributed by atoms with Gasteiger partial charge in [0.1, 0.15) is 5.75 Å². The number of hydrogen-bond donors (Lipinski definition) is 0. The molecule has 2 amide bonds. The predicted octanol–water partition coefficient (Wildman–Crippen LogP) is 5.70. The number of carbonyl (C=O) groups excluding carboxylic acids is 4. The van der Waals surface area contributed by atoms with Crippen LogP contribution in [0.4, 0.5) is 0 Å². The Morgan fingerprint density at radius 2 is 1.62 bits per heavy atom. The molecule has 3 aromatic rings. The van der Waals surface area contributed by atoms with Gasteiger partial charge in [0.25, 0.3) is 0 Å². The van der Waals surface area contributed by atoms with E-state index in [-0.39, 0.29) is 30.4 Å². The summed E-state index contributed by atoms with van der Waals surface area (Å²) < 4.78 is 10.8. The van der Waals surface area contributed by atoms with Crippen LogP contribution in [0.15, 0.2) is 79.4 Å². The van der Waals surface area contributed by atoms with E-state index in [4.69, 9.17) is 9.47 Å². The third-order valence-corrected chi connectivity index (χ3v) is 7.09. The van der Waals surface area contributed by atoms with Crippen molar-refractivity contribution in [3.63, 3.8) is 0 Å². The predicted molar refractivity (Wildman–Crippen MR) is 153 cm³/mol. The fourth-order valence-corrected chi connectivity index (χ4v) is 4.84. The number of nitrogens with zero attached hydrogens (tertiary/aromatic N) is 1. The number of ketones is 1. The van der Waals surface area contributed by atoms with Crippen molar-refractivity contribution in [2.45, 2.75) is 44.9 Å². The number of hydrogen-bond acceptors (Lipinski definition) is 6. The molecule has 0 radical (unpaired) electrons. The lowest BCUT2D eigenvalue weighted by Gasteiger charge is -2.15. The Balaban J connectivity index is 1.24. The summed E-state index contributed by atoms with van der Waals surface area (Å²) in [6, 6.07) is 21.0. The molecule has 0 bridgehead atoms. The molecule has 0 aliphatic carbocycles. The standard InChI is InChI=1S/C33H35NO6/c1-2-32(37)40-19-9-4-3-8-18-39-29-15-14-25-20-27(13-12-26(25)21-29)30(35)22-28-23-31(36)34(33(28)38)17-16-24-10-6-5-7-11-24/h2,5-7,10-15,20-21,28H,1,3-4,8-9,16-19,22-23H2. The molecule has 1 aliphatic heterocycles. The monoisotopic (exact) mass is 541 g/mol. The molecule has 7 nitrogen and oxygen atoms in total. The second kappa shape index (κ2) is 14.2. The van der Waals surface area contributed by atoms with Crippen molar-refractivity contribution in [2.24, 2.45) is 5.92 Å². The van der Waals surface area contributed by atoms with Crippen molar-refractivity contribution in [2.75, 3.05) is 19.8 Å². The maximum Gasteiger partial charge on any atom is 0.330 e. The topological polar surface area (TPSA) is 90.0 Å². The number of ether oxygens (including phenoxy) is 2. The first kappa shape index (κ1) is 28.7. The van der Waals surface area contributed by atoms with Gasteiger partial charge in [-0.2, -0.15) is 0 Å². The van der Waals surface area contributed by atoms with Crippen LogP contribution >= 0.6 is 0 Å². The number of imide groups is 1. The number of amides is 2. The summed E-state index contributed by atoms with van der Waals surface area (Å²) in [7, 11) is 0. The van der Waals surface area contributed by atoms with Gasteiger partial charge >= 0.3 is 5.97 Å². The second-order valence-corrected chi connectivity index (χ2v) is 10.0. The lowest BCUT2D eigenvalue weighted by atomic mass is 9.95. The van der Waals surface area contributed by atoms with Crippen molar-refractivity contribution in [3.05, 3.63) is 90.5 Å². The fraction of sp³-hybridized carbons (Fsp3) is 0.333. The molecule has 1 atom stereocenters. The second-order valence-electron chi connectivity index (χ2n) is 10.0. The van der Waals surface area contributed by atoms with Crippen LogP contribution in [0.25, 0.3) is 10.8 Å². The number of likely N-dealkylation sites (tertiary alicyclic amines) is 1. The van der Waals surface area contributed by atoms with E-state index in [1.165, 1.54) is 11.0 Å². The molecule has 0 spiro atoms. The Morgan fingerprint density at radius 3 is 2.40 bits per heavy atom. The first-order valence-electron chi connectivity index (χ1n) is 13.8. The molecule has 0 aromatic heterocycles. The molecule has 7 heteroatoms. The summed E-state index contributed by atoms with van der Waals surface area (Å²) in [6.07, 6.45) is 5.51. The van der Waals surface area contributed by atoms with Gasteiger partial charge < -0.3 is 9.47 Å². The zero-order valence-electron chi connectivity index (χ0n) is 22.7. The molecular formula is C33H35NO6. The molecular weight excluding hydrogens is 506 g/mol. The molecule has 1 unspecified atom stereocenters. The zero-order chi connectivity index (χ0) is 28.3. The zero-order valence-corrected chi connectivity index (χ0v) is 22.7. The molecule has 4 rings (SSSR count). The van der Waals surface area contributed by atoms with E-state index in [2.05, 4.69) is 6.58 Å². The lowest BCUT2D eigenvalue weighted by molar-refractivity contribution is -0.140. The van der Waals surface area contributed by atoms with E-state index in [0.29, 0.717) is 31.7 Å². The van der Waals surface area contributed by atoms with E-state index in [1.54, 1.807) is 6.07 Å². The summed E-state index contributed by atoms with van der Waals surface area (Å²) in [5.74, 6) is -0.844. The number of unbranched alkanes of at least 4 members (excludes halogenated alkanes) is 3. The normalized spacial score (nSPS) is 14.9. The van der Waals surface area contributed by atoms with Crippen molar-refractivity contribution in [3.8, 4) is 5.75 Å². The van der Waals surface area contributed by atoms with Crippen LogP contribution in [0.3, 0.4) is 0 Å². The van der Waals surface area contributed by atoms with Crippen LogP contribution < -0.4 is 4.74 Å². The van der Waals surface area contributed by atoms with Crippen molar-refractivity contribution in [1.29, 1.82) is 0 Å². The van der Waals surface area contributed by atoms with Crippen LogP contribution in [0.2, 0.25) is 0 Å². The number of carbonyl (C=O) groups is 4. The highest BCUT2D eigenvalue weighted by Gasteiger charge is 2.39. The highest BCUT2D eigenvalue weighted by molar-refractivity contribution is 6.07. The molecule has 1 saturated heterocycles. The maximum atomic E-state index is 13.0. The van der Waals surface area contributed by atoms with Crippen molar-refractivity contribution >= 4 is 34.3 Å². The number of esters is 1.